The van der Waals surface area contributed by atoms with Gasteiger partial charge in [-0.25, -0.2) is 0 Å². The van der Waals surface area contributed by atoms with E-state index in [0.717, 1.165) is 5.56 Å². The highest BCUT2D eigenvalue weighted by Crippen LogP contribution is 2.40. The summed E-state index contributed by atoms with van der Waals surface area (Å²) in [5.74, 6) is 2.93. The molecule has 3 nitrogen and oxygen atoms in total. The highest BCUT2D eigenvalue weighted by Gasteiger charge is 2.41. The molecule has 0 fully saturated rings. The highest BCUT2D eigenvalue weighted by molar-refractivity contribution is 6.90. The number of carbonyl (C=O) groups is 1. The van der Waals surface area contributed by atoms with Gasteiger partial charge in [-0.3, -0.25) is 10.0 Å². The minimum absolute atomic E-state index is 0.430. The SMILES string of the molecule is CC(C)[Si](C#Cc1ccc(N(O)C(=O)c2ccccc2)cc1)(C(C)C)C(C)C. The van der Waals surface area contributed by atoms with Crippen LogP contribution in [0.1, 0.15) is 57.5 Å². The fourth-order valence-electron chi connectivity index (χ4n) is 4.12. The van der Waals surface area contributed by atoms with Crippen LogP contribution in [0.15, 0.2) is 54.6 Å². The van der Waals surface area contributed by atoms with E-state index in [9.17, 15) is 10.0 Å². The van der Waals surface area contributed by atoms with E-state index in [4.69, 9.17) is 0 Å². The molecule has 0 saturated heterocycles. The Bertz CT molecular complexity index is 824. The van der Waals surface area contributed by atoms with Gasteiger partial charge in [-0.15, -0.1) is 5.54 Å². The summed E-state index contributed by atoms with van der Waals surface area (Å²) >= 11 is 0. The molecule has 1 amide bonds. The van der Waals surface area contributed by atoms with Crippen LogP contribution in [0.25, 0.3) is 0 Å². The Kier molecular flexibility index (Phi) is 7.23. The van der Waals surface area contributed by atoms with Crippen molar-refractivity contribution in [1.82, 2.24) is 0 Å². The largest absolute Gasteiger partial charge is 0.281 e. The van der Waals surface area contributed by atoms with Crippen molar-refractivity contribution in [2.45, 2.75) is 58.2 Å². The van der Waals surface area contributed by atoms with Crippen molar-refractivity contribution >= 4 is 19.7 Å². The summed E-state index contributed by atoms with van der Waals surface area (Å²) in [6, 6.07) is 15.9. The number of amides is 1. The number of carbonyl (C=O) groups excluding carboxylic acids is 1. The number of nitrogens with zero attached hydrogens (tertiary/aromatic N) is 1. The van der Waals surface area contributed by atoms with Crippen molar-refractivity contribution in [3.63, 3.8) is 0 Å². The number of hydrogen-bond acceptors (Lipinski definition) is 2. The molecule has 4 heteroatoms. The molecule has 28 heavy (non-hydrogen) atoms. The molecule has 0 unspecified atom stereocenters. The molecule has 0 atom stereocenters. The van der Waals surface area contributed by atoms with Crippen LogP contribution in [0.4, 0.5) is 5.69 Å². The Balaban J connectivity index is 2.26. The van der Waals surface area contributed by atoms with E-state index < -0.39 is 14.0 Å². The predicted molar refractivity (Wildman–Crippen MR) is 119 cm³/mol. The zero-order chi connectivity index (χ0) is 20.9. The molecule has 2 aromatic carbocycles. The molecule has 0 heterocycles. The van der Waals surface area contributed by atoms with Crippen LogP contribution in [-0.4, -0.2) is 19.2 Å². The van der Waals surface area contributed by atoms with Gasteiger partial charge in [0.1, 0.15) is 8.07 Å². The van der Waals surface area contributed by atoms with Crippen LogP contribution in [0.5, 0.6) is 0 Å². The second-order valence-electron chi connectivity index (χ2n) is 8.18. The van der Waals surface area contributed by atoms with Gasteiger partial charge in [-0.05, 0) is 53.0 Å². The van der Waals surface area contributed by atoms with Gasteiger partial charge in [0.05, 0.1) is 5.69 Å². The first-order valence-corrected chi connectivity index (χ1v) is 12.1. The van der Waals surface area contributed by atoms with Gasteiger partial charge >= 0.3 is 0 Å². The lowest BCUT2D eigenvalue weighted by Gasteiger charge is -2.38. The Morgan fingerprint density at radius 2 is 1.36 bits per heavy atom. The third kappa shape index (κ3) is 4.55. The number of hydrogen-bond donors (Lipinski definition) is 1. The number of rotatable bonds is 5. The molecule has 0 radical (unpaired) electrons. The smallest absolute Gasteiger partial charge is 0.281 e. The Morgan fingerprint density at radius 3 is 1.82 bits per heavy atom. The van der Waals surface area contributed by atoms with Gasteiger partial charge in [-0.1, -0.05) is 65.7 Å². The first kappa shape index (κ1) is 21.9. The Morgan fingerprint density at radius 1 is 0.857 bits per heavy atom. The van der Waals surface area contributed by atoms with E-state index >= 15 is 0 Å². The lowest BCUT2D eigenvalue weighted by molar-refractivity contribution is 0.0855. The van der Waals surface area contributed by atoms with Gasteiger partial charge < -0.3 is 0 Å². The molecule has 1 N–H and O–H groups in total. The van der Waals surface area contributed by atoms with E-state index in [0.29, 0.717) is 32.9 Å². The Labute approximate surface area is 170 Å². The van der Waals surface area contributed by atoms with Crippen molar-refractivity contribution in [1.29, 1.82) is 0 Å². The van der Waals surface area contributed by atoms with Crippen LogP contribution >= 0.6 is 0 Å². The summed E-state index contributed by atoms with van der Waals surface area (Å²) in [4.78, 5) is 12.4. The lowest BCUT2D eigenvalue weighted by Crippen LogP contribution is -2.43. The molecule has 0 aromatic heterocycles. The third-order valence-electron chi connectivity index (χ3n) is 5.61. The van der Waals surface area contributed by atoms with E-state index in [1.165, 1.54) is 0 Å². The fraction of sp³-hybridized carbons (Fsp3) is 0.375. The summed E-state index contributed by atoms with van der Waals surface area (Å²) in [6.07, 6.45) is 0. The average molecular weight is 394 g/mol. The molecule has 0 aliphatic heterocycles. The van der Waals surface area contributed by atoms with E-state index in [1.54, 1.807) is 36.4 Å². The maximum Gasteiger partial charge on any atom is 0.281 e. The molecule has 0 saturated carbocycles. The van der Waals surface area contributed by atoms with Crippen molar-refractivity contribution in [3.8, 4) is 11.5 Å². The number of hydroxylamine groups is 1. The molecule has 0 aliphatic rings. The normalized spacial score (nSPS) is 11.5. The maximum atomic E-state index is 12.4. The average Bonchev–Trinajstić information content (AvgIpc) is 2.67. The first-order chi connectivity index (χ1) is 13.2. The van der Waals surface area contributed by atoms with Crippen LogP contribution in [0, 0.1) is 11.5 Å². The molecular formula is C24H31NO2Si. The molecule has 2 aromatic rings. The van der Waals surface area contributed by atoms with Gasteiger partial charge in [0.2, 0.25) is 0 Å². The van der Waals surface area contributed by atoms with Crippen molar-refractivity contribution in [2.75, 3.05) is 5.06 Å². The maximum absolute atomic E-state index is 12.4. The number of anilines is 1. The van der Waals surface area contributed by atoms with Gasteiger partial charge in [0.15, 0.2) is 0 Å². The standard InChI is InChI=1S/C24H31NO2Si/c1-18(2)28(19(3)4,20(5)6)17-16-21-12-14-23(15-13-21)25(27)24(26)22-10-8-7-9-11-22/h7-15,18-20,27H,1-6H3. The van der Waals surface area contributed by atoms with Crippen LogP contribution in [-0.2, 0) is 0 Å². The van der Waals surface area contributed by atoms with Crippen molar-refractivity contribution < 1.29 is 10.0 Å². The fourth-order valence-corrected chi connectivity index (χ4v) is 9.35. The van der Waals surface area contributed by atoms with Crippen molar-refractivity contribution in [3.05, 3.63) is 65.7 Å². The van der Waals surface area contributed by atoms with Gasteiger partial charge in [-0.2, -0.15) is 5.06 Å². The summed E-state index contributed by atoms with van der Waals surface area (Å²) in [7, 11) is -1.78. The summed E-state index contributed by atoms with van der Waals surface area (Å²) in [5.41, 5.74) is 7.21. The van der Waals surface area contributed by atoms with Crippen LogP contribution in [0.3, 0.4) is 0 Å². The highest BCUT2D eigenvalue weighted by atomic mass is 28.3. The quantitative estimate of drug-likeness (QED) is 0.280. The van der Waals surface area contributed by atoms with E-state index in [1.807, 2.05) is 18.2 Å². The zero-order valence-electron chi connectivity index (χ0n) is 17.7. The molecule has 0 spiro atoms. The zero-order valence-corrected chi connectivity index (χ0v) is 18.7. The predicted octanol–water partition coefficient (Wildman–Crippen LogP) is 6.29. The van der Waals surface area contributed by atoms with Crippen LogP contribution < -0.4 is 5.06 Å². The topological polar surface area (TPSA) is 40.5 Å². The van der Waals surface area contributed by atoms with E-state index in [2.05, 4.69) is 53.0 Å². The summed E-state index contributed by atoms with van der Waals surface area (Å²) < 4.78 is 0. The minimum Gasteiger partial charge on any atom is -0.281 e. The lowest BCUT2D eigenvalue weighted by atomic mass is 10.2. The minimum atomic E-state index is -1.78. The molecule has 0 aliphatic carbocycles. The van der Waals surface area contributed by atoms with Crippen molar-refractivity contribution in [2.24, 2.45) is 0 Å². The molecule has 0 bridgehead atoms. The summed E-state index contributed by atoms with van der Waals surface area (Å²) in [5, 5.41) is 10.9. The molecular weight excluding hydrogens is 362 g/mol. The monoisotopic (exact) mass is 393 g/mol. The summed E-state index contributed by atoms with van der Waals surface area (Å²) in [6.45, 7) is 13.8. The third-order valence-corrected chi connectivity index (χ3v) is 11.9. The molecule has 2 rings (SSSR count). The second-order valence-corrected chi connectivity index (χ2v) is 13.8. The van der Waals surface area contributed by atoms with Gasteiger partial charge in [0.25, 0.3) is 5.91 Å². The van der Waals surface area contributed by atoms with Gasteiger partial charge in [0, 0.05) is 11.1 Å². The number of benzene rings is 2. The van der Waals surface area contributed by atoms with E-state index in [-0.39, 0.29) is 0 Å². The second kappa shape index (κ2) is 9.23. The van der Waals surface area contributed by atoms with Crippen LogP contribution in [0.2, 0.25) is 16.6 Å². The molecule has 148 valence electrons. The first-order valence-electron chi connectivity index (χ1n) is 9.91. The Hall–Kier alpha value is -2.35.